The molecule has 7 heteroatoms. The van der Waals surface area contributed by atoms with Gasteiger partial charge in [-0.25, -0.2) is 4.68 Å². The van der Waals surface area contributed by atoms with Crippen molar-refractivity contribution in [1.29, 1.82) is 0 Å². The molecule has 72 valence electrons. The molecule has 2 aromatic heterocycles. The van der Waals surface area contributed by atoms with Crippen molar-refractivity contribution in [3.8, 4) is 5.95 Å². The van der Waals surface area contributed by atoms with Gasteiger partial charge in [0.25, 0.3) is 5.95 Å². The van der Waals surface area contributed by atoms with Crippen LogP contribution in [0.3, 0.4) is 0 Å². The SMILES string of the molecule is CSc1nc(Cl)nc(-n2cccn2)n1. The average Bonchev–Trinajstić information content (AvgIpc) is 2.69. The monoisotopic (exact) mass is 227 g/mol. The van der Waals surface area contributed by atoms with Gasteiger partial charge in [0, 0.05) is 12.4 Å². The summed E-state index contributed by atoms with van der Waals surface area (Å²) >= 11 is 7.14. The van der Waals surface area contributed by atoms with Gasteiger partial charge in [-0.3, -0.25) is 0 Å². The Hall–Kier alpha value is -1.14. The fraction of sp³-hybridized carbons (Fsp3) is 0.143. The first kappa shape index (κ1) is 9.42. The normalized spacial score (nSPS) is 10.4. The first-order chi connectivity index (χ1) is 6.79. The van der Waals surface area contributed by atoms with Gasteiger partial charge in [-0.15, -0.1) is 0 Å². The van der Waals surface area contributed by atoms with Crippen LogP contribution in [-0.2, 0) is 0 Å². The summed E-state index contributed by atoms with van der Waals surface area (Å²) in [6, 6.07) is 1.79. The smallest absolute Gasteiger partial charge is 0.206 e. The van der Waals surface area contributed by atoms with Crippen LogP contribution in [0.5, 0.6) is 0 Å². The molecule has 5 nitrogen and oxygen atoms in total. The van der Waals surface area contributed by atoms with Crippen molar-refractivity contribution in [2.45, 2.75) is 5.16 Å². The predicted molar refractivity (Wildman–Crippen MR) is 53.7 cm³/mol. The van der Waals surface area contributed by atoms with E-state index in [2.05, 4.69) is 20.1 Å². The van der Waals surface area contributed by atoms with Crippen molar-refractivity contribution in [1.82, 2.24) is 24.7 Å². The van der Waals surface area contributed by atoms with Gasteiger partial charge in [-0.2, -0.15) is 20.1 Å². The van der Waals surface area contributed by atoms with Gasteiger partial charge < -0.3 is 0 Å². The quantitative estimate of drug-likeness (QED) is 0.727. The Morgan fingerprint density at radius 2 is 2.21 bits per heavy atom. The van der Waals surface area contributed by atoms with Gasteiger partial charge in [-0.1, -0.05) is 11.8 Å². The third-order valence-electron chi connectivity index (χ3n) is 1.47. The van der Waals surface area contributed by atoms with Gasteiger partial charge in [0.05, 0.1) is 0 Å². The molecule has 0 aliphatic rings. The predicted octanol–water partition coefficient (Wildman–Crippen LogP) is 1.43. The van der Waals surface area contributed by atoms with E-state index in [0.29, 0.717) is 11.1 Å². The third kappa shape index (κ3) is 1.85. The van der Waals surface area contributed by atoms with Crippen LogP contribution >= 0.6 is 23.4 Å². The maximum Gasteiger partial charge on any atom is 0.255 e. The molecule has 2 aromatic rings. The first-order valence-electron chi connectivity index (χ1n) is 3.75. The molecule has 0 aliphatic heterocycles. The molecule has 0 atom stereocenters. The largest absolute Gasteiger partial charge is 0.255 e. The number of hydrogen-bond acceptors (Lipinski definition) is 5. The summed E-state index contributed by atoms with van der Waals surface area (Å²) in [5.74, 6) is 0.430. The summed E-state index contributed by atoms with van der Waals surface area (Å²) in [6.07, 6.45) is 5.27. The van der Waals surface area contributed by atoms with Crippen molar-refractivity contribution >= 4 is 23.4 Å². The van der Waals surface area contributed by atoms with Gasteiger partial charge in [0.1, 0.15) is 0 Å². The molecule has 0 radical (unpaired) electrons. The van der Waals surface area contributed by atoms with Crippen LogP contribution in [-0.4, -0.2) is 31.0 Å². The van der Waals surface area contributed by atoms with Crippen molar-refractivity contribution in [3.63, 3.8) is 0 Å². The van der Waals surface area contributed by atoms with Crippen LogP contribution < -0.4 is 0 Å². The van der Waals surface area contributed by atoms with Gasteiger partial charge in [0.2, 0.25) is 5.28 Å². The topological polar surface area (TPSA) is 56.5 Å². The van der Waals surface area contributed by atoms with Crippen LogP contribution in [0.2, 0.25) is 5.28 Å². The molecule has 0 aliphatic carbocycles. The lowest BCUT2D eigenvalue weighted by Gasteiger charge is -2.00. The molecule has 0 saturated carbocycles. The van der Waals surface area contributed by atoms with Crippen LogP contribution in [0.1, 0.15) is 0 Å². The lowest BCUT2D eigenvalue weighted by molar-refractivity contribution is 0.759. The minimum absolute atomic E-state index is 0.176. The highest BCUT2D eigenvalue weighted by molar-refractivity contribution is 7.98. The van der Waals surface area contributed by atoms with Gasteiger partial charge >= 0.3 is 0 Å². The molecule has 0 bridgehead atoms. The van der Waals surface area contributed by atoms with Crippen LogP contribution in [0, 0.1) is 0 Å². The lowest BCUT2D eigenvalue weighted by atomic mass is 10.7. The van der Waals surface area contributed by atoms with E-state index >= 15 is 0 Å². The fourth-order valence-corrected chi connectivity index (χ4v) is 1.46. The zero-order chi connectivity index (χ0) is 9.97. The molecule has 2 rings (SSSR count). The lowest BCUT2D eigenvalue weighted by Crippen LogP contribution is -2.04. The fourth-order valence-electron chi connectivity index (χ4n) is 0.903. The highest BCUT2D eigenvalue weighted by atomic mass is 35.5. The van der Waals surface area contributed by atoms with E-state index < -0.39 is 0 Å². The Labute approximate surface area is 89.5 Å². The van der Waals surface area contributed by atoms with Gasteiger partial charge in [0.15, 0.2) is 5.16 Å². The minimum atomic E-state index is 0.176. The van der Waals surface area contributed by atoms with E-state index in [1.807, 2.05) is 6.26 Å². The van der Waals surface area contributed by atoms with Crippen molar-refractivity contribution in [3.05, 3.63) is 23.7 Å². The highest BCUT2D eigenvalue weighted by Crippen LogP contribution is 2.12. The maximum atomic E-state index is 5.73. The average molecular weight is 228 g/mol. The Balaban J connectivity index is 2.48. The molecule has 0 fully saturated rings. The number of hydrogen-bond donors (Lipinski definition) is 0. The third-order valence-corrected chi connectivity index (χ3v) is 2.18. The molecule has 0 unspecified atom stereocenters. The minimum Gasteiger partial charge on any atom is -0.206 e. The summed E-state index contributed by atoms with van der Waals surface area (Å²) in [7, 11) is 0. The second-order valence-corrected chi connectivity index (χ2v) is 3.45. The van der Waals surface area contributed by atoms with Crippen LogP contribution in [0.15, 0.2) is 23.6 Å². The molecule has 14 heavy (non-hydrogen) atoms. The summed E-state index contributed by atoms with van der Waals surface area (Å²) in [6.45, 7) is 0. The van der Waals surface area contributed by atoms with E-state index in [-0.39, 0.29) is 5.28 Å². The zero-order valence-corrected chi connectivity index (χ0v) is 8.83. The summed E-state index contributed by atoms with van der Waals surface area (Å²) in [4.78, 5) is 12.0. The van der Waals surface area contributed by atoms with E-state index in [1.165, 1.54) is 16.4 Å². The molecule has 0 aromatic carbocycles. The first-order valence-corrected chi connectivity index (χ1v) is 5.35. The second-order valence-electron chi connectivity index (χ2n) is 2.34. The molecule has 0 amide bonds. The van der Waals surface area contributed by atoms with Crippen molar-refractivity contribution in [2.75, 3.05) is 6.26 Å². The number of rotatable bonds is 2. The Morgan fingerprint density at radius 1 is 1.36 bits per heavy atom. The number of halogens is 1. The molecule has 0 saturated heterocycles. The summed E-state index contributed by atoms with van der Waals surface area (Å²) < 4.78 is 1.54. The highest BCUT2D eigenvalue weighted by Gasteiger charge is 2.05. The van der Waals surface area contributed by atoms with E-state index in [9.17, 15) is 0 Å². The number of nitrogens with zero attached hydrogens (tertiary/aromatic N) is 5. The number of thioether (sulfide) groups is 1. The maximum absolute atomic E-state index is 5.73. The molecule has 0 spiro atoms. The molecular formula is C7H6ClN5S. The van der Waals surface area contributed by atoms with E-state index in [4.69, 9.17) is 11.6 Å². The molecule has 2 heterocycles. The van der Waals surface area contributed by atoms with Crippen LogP contribution in [0.25, 0.3) is 5.95 Å². The number of aromatic nitrogens is 5. The van der Waals surface area contributed by atoms with Crippen molar-refractivity contribution in [2.24, 2.45) is 0 Å². The van der Waals surface area contributed by atoms with E-state index in [0.717, 1.165) is 0 Å². The second kappa shape index (κ2) is 3.93. The Bertz CT molecular complexity index is 430. The standard InChI is InChI=1S/C7H6ClN5S/c1-14-7-11-5(8)10-6(12-7)13-4-2-3-9-13/h2-4H,1H3. The molecule has 0 N–H and O–H groups in total. The summed E-state index contributed by atoms with van der Waals surface area (Å²) in [5.41, 5.74) is 0. The molecular weight excluding hydrogens is 222 g/mol. The Morgan fingerprint density at radius 3 is 2.86 bits per heavy atom. The summed E-state index contributed by atoms with van der Waals surface area (Å²) in [5, 5.41) is 4.75. The zero-order valence-electron chi connectivity index (χ0n) is 7.25. The van der Waals surface area contributed by atoms with Crippen LogP contribution in [0.4, 0.5) is 0 Å². The van der Waals surface area contributed by atoms with E-state index in [1.54, 1.807) is 18.5 Å². The Kier molecular flexibility index (Phi) is 2.64. The van der Waals surface area contributed by atoms with Gasteiger partial charge in [-0.05, 0) is 23.9 Å². The van der Waals surface area contributed by atoms with Crippen molar-refractivity contribution < 1.29 is 0 Å².